The lowest BCUT2D eigenvalue weighted by atomic mass is 10.2. The summed E-state index contributed by atoms with van der Waals surface area (Å²) < 4.78 is 0. The van der Waals surface area contributed by atoms with E-state index in [1.807, 2.05) is 11.8 Å². The van der Waals surface area contributed by atoms with Crippen molar-refractivity contribution in [3.05, 3.63) is 52.7 Å². The summed E-state index contributed by atoms with van der Waals surface area (Å²) in [6.07, 6.45) is 0. The minimum absolute atomic E-state index is 0.456. The predicted octanol–water partition coefficient (Wildman–Crippen LogP) is 4.19. The van der Waals surface area contributed by atoms with Gasteiger partial charge in [-0.15, -0.1) is 11.8 Å². The van der Waals surface area contributed by atoms with Gasteiger partial charge in [-0.3, -0.25) is 0 Å². The standard InChI is InChI=1S/C14H17NS2/c1-12(13-7-9-16-11-13)15-8-10-17-14-5-3-2-4-6-14/h2-7,9,11-12,15H,8,10H2,1H3. The Kier molecular flexibility index (Phi) is 5.10. The van der Waals surface area contributed by atoms with Gasteiger partial charge in [-0.05, 0) is 41.4 Å². The highest BCUT2D eigenvalue weighted by Gasteiger charge is 2.03. The molecule has 2 aromatic rings. The fourth-order valence-corrected chi connectivity index (χ4v) is 3.16. The third kappa shape index (κ3) is 4.19. The largest absolute Gasteiger partial charge is 0.309 e. The van der Waals surface area contributed by atoms with Crippen molar-refractivity contribution < 1.29 is 0 Å². The number of benzene rings is 1. The van der Waals surface area contributed by atoms with E-state index < -0.39 is 0 Å². The highest BCUT2D eigenvalue weighted by molar-refractivity contribution is 7.99. The van der Waals surface area contributed by atoms with Crippen LogP contribution in [0.1, 0.15) is 18.5 Å². The highest BCUT2D eigenvalue weighted by atomic mass is 32.2. The van der Waals surface area contributed by atoms with Crippen molar-refractivity contribution >= 4 is 23.1 Å². The van der Waals surface area contributed by atoms with E-state index in [0.717, 1.165) is 12.3 Å². The highest BCUT2D eigenvalue weighted by Crippen LogP contribution is 2.18. The number of rotatable bonds is 6. The summed E-state index contributed by atoms with van der Waals surface area (Å²) in [6, 6.07) is 13.2. The van der Waals surface area contributed by atoms with E-state index in [-0.39, 0.29) is 0 Å². The van der Waals surface area contributed by atoms with Gasteiger partial charge < -0.3 is 5.32 Å². The van der Waals surface area contributed by atoms with Crippen molar-refractivity contribution in [1.82, 2.24) is 5.32 Å². The van der Waals surface area contributed by atoms with Crippen molar-refractivity contribution in [3.63, 3.8) is 0 Å². The molecule has 1 unspecified atom stereocenters. The van der Waals surface area contributed by atoms with E-state index in [1.54, 1.807) is 11.3 Å². The molecule has 2 rings (SSSR count). The number of hydrogen-bond donors (Lipinski definition) is 1. The first-order valence-electron chi connectivity index (χ1n) is 5.79. The Morgan fingerprint density at radius 3 is 2.76 bits per heavy atom. The van der Waals surface area contributed by atoms with Crippen molar-refractivity contribution in [1.29, 1.82) is 0 Å². The van der Waals surface area contributed by atoms with Gasteiger partial charge in [0.2, 0.25) is 0 Å². The lowest BCUT2D eigenvalue weighted by molar-refractivity contribution is 0.603. The third-order valence-corrected chi connectivity index (χ3v) is 4.32. The molecule has 1 heterocycles. The van der Waals surface area contributed by atoms with Crippen LogP contribution < -0.4 is 5.32 Å². The molecule has 17 heavy (non-hydrogen) atoms. The van der Waals surface area contributed by atoms with Crippen LogP contribution in [-0.2, 0) is 0 Å². The summed E-state index contributed by atoms with van der Waals surface area (Å²) in [5, 5.41) is 7.88. The molecule has 0 radical (unpaired) electrons. The van der Waals surface area contributed by atoms with Crippen molar-refractivity contribution in [2.45, 2.75) is 17.9 Å². The Bertz CT molecular complexity index is 411. The van der Waals surface area contributed by atoms with Gasteiger partial charge in [0.25, 0.3) is 0 Å². The Morgan fingerprint density at radius 1 is 1.24 bits per heavy atom. The average molecular weight is 263 g/mol. The normalized spacial score (nSPS) is 12.5. The molecule has 1 aromatic heterocycles. The molecule has 1 atom stereocenters. The van der Waals surface area contributed by atoms with E-state index in [4.69, 9.17) is 0 Å². The average Bonchev–Trinajstić information content (AvgIpc) is 2.89. The zero-order valence-electron chi connectivity index (χ0n) is 9.93. The van der Waals surface area contributed by atoms with Gasteiger partial charge in [0.15, 0.2) is 0 Å². The molecule has 0 aliphatic heterocycles. The van der Waals surface area contributed by atoms with E-state index in [9.17, 15) is 0 Å². The van der Waals surface area contributed by atoms with Crippen molar-refractivity contribution in [2.75, 3.05) is 12.3 Å². The first-order valence-corrected chi connectivity index (χ1v) is 7.72. The maximum Gasteiger partial charge on any atom is 0.0300 e. The molecule has 1 N–H and O–H groups in total. The monoisotopic (exact) mass is 263 g/mol. The maximum absolute atomic E-state index is 3.54. The Hall–Kier alpha value is -0.770. The van der Waals surface area contributed by atoms with Gasteiger partial charge in [0, 0.05) is 23.2 Å². The van der Waals surface area contributed by atoms with Gasteiger partial charge in [-0.2, -0.15) is 11.3 Å². The fourth-order valence-electron chi connectivity index (χ4n) is 1.60. The molecule has 0 fully saturated rings. The first kappa shape index (κ1) is 12.7. The second kappa shape index (κ2) is 6.84. The molecule has 1 aromatic carbocycles. The second-order valence-electron chi connectivity index (χ2n) is 3.89. The number of thioether (sulfide) groups is 1. The summed E-state index contributed by atoms with van der Waals surface area (Å²) >= 11 is 3.66. The lowest BCUT2D eigenvalue weighted by Gasteiger charge is -2.11. The number of hydrogen-bond acceptors (Lipinski definition) is 3. The second-order valence-corrected chi connectivity index (χ2v) is 5.84. The summed E-state index contributed by atoms with van der Waals surface area (Å²) in [5.41, 5.74) is 1.39. The Labute approximate surface area is 111 Å². The van der Waals surface area contributed by atoms with Gasteiger partial charge in [-0.1, -0.05) is 18.2 Å². The van der Waals surface area contributed by atoms with E-state index >= 15 is 0 Å². The first-order chi connectivity index (χ1) is 8.36. The molecule has 0 aliphatic carbocycles. The summed E-state index contributed by atoms with van der Waals surface area (Å²) in [4.78, 5) is 1.34. The fraction of sp³-hybridized carbons (Fsp3) is 0.286. The quantitative estimate of drug-likeness (QED) is 0.619. The number of nitrogens with one attached hydrogen (secondary N) is 1. The molecular weight excluding hydrogens is 246 g/mol. The maximum atomic E-state index is 3.54. The molecule has 1 nitrogen and oxygen atoms in total. The van der Waals surface area contributed by atoms with E-state index in [0.29, 0.717) is 6.04 Å². The minimum atomic E-state index is 0.456. The van der Waals surface area contributed by atoms with Crippen LogP contribution in [0.15, 0.2) is 52.1 Å². The molecule has 0 bridgehead atoms. The third-order valence-electron chi connectivity index (χ3n) is 2.61. The van der Waals surface area contributed by atoms with Crippen LogP contribution in [0.4, 0.5) is 0 Å². The smallest absolute Gasteiger partial charge is 0.0300 e. The van der Waals surface area contributed by atoms with Gasteiger partial charge >= 0.3 is 0 Å². The molecule has 0 saturated heterocycles. The molecule has 0 aliphatic rings. The van der Waals surface area contributed by atoms with Crippen LogP contribution in [0.5, 0.6) is 0 Å². The Morgan fingerprint density at radius 2 is 2.06 bits per heavy atom. The topological polar surface area (TPSA) is 12.0 Å². The van der Waals surface area contributed by atoms with Crippen molar-refractivity contribution in [2.24, 2.45) is 0 Å². The van der Waals surface area contributed by atoms with Crippen LogP contribution in [-0.4, -0.2) is 12.3 Å². The summed E-state index contributed by atoms with van der Waals surface area (Å²) in [5.74, 6) is 1.11. The molecule has 0 amide bonds. The zero-order chi connectivity index (χ0) is 11.9. The molecule has 0 spiro atoms. The van der Waals surface area contributed by atoms with Crippen LogP contribution >= 0.6 is 23.1 Å². The molecule has 3 heteroatoms. The van der Waals surface area contributed by atoms with Crippen molar-refractivity contribution in [3.8, 4) is 0 Å². The molecule has 0 saturated carbocycles. The van der Waals surface area contributed by atoms with Crippen LogP contribution in [0, 0.1) is 0 Å². The van der Waals surface area contributed by atoms with Crippen LogP contribution in [0.25, 0.3) is 0 Å². The zero-order valence-corrected chi connectivity index (χ0v) is 11.6. The van der Waals surface area contributed by atoms with E-state index in [1.165, 1.54) is 10.5 Å². The lowest BCUT2D eigenvalue weighted by Crippen LogP contribution is -2.20. The van der Waals surface area contributed by atoms with Crippen LogP contribution in [0.2, 0.25) is 0 Å². The minimum Gasteiger partial charge on any atom is -0.309 e. The van der Waals surface area contributed by atoms with Gasteiger partial charge in [-0.25, -0.2) is 0 Å². The summed E-state index contributed by atoms with van der Waals surface area (Å²) in [6.45, 7) is 3.26. The van der Waals surface area contributed by atoms with E-state index in [2.05, 4.69) is 59.4 Å². The van der Waals surface area contributed by atoms with Crippen LogP contribution in [0.3, 0.4) is 0 Å². The molecular formula is C14H17NS2. The number of thiophene rings is 1. The SMILES string of the molecule is CC(NCCSc1ccccc1)c1ccsc1. The predicted molar refractivity (Wildman–Crippen MR) is 77.9 cm³/mol. The Balaban J connectivity index is 1.67. The van der Waals surface area contributed by atoms with Gasteiger partial charge in [0.05, 0.1) is 0 Å². The summed E-state index contributed by atoms with van der Waals surface area (Å²) in [7, 11) is 0. The van der Waals surface area contributed by atoms with Gasteiger partial charge in [0.1, 0.15) is 0 Å². The molecule has 90 valence electrons.